The van der Waals surface area contributed by atoms with Crippen LogP contribution in [0.15, 0.2) is 65.2 Å². The molecule has 0 aliphatic carbocycles. The van der Waals surface area contributed by atoms with Gasteiger partial charge < -0.3 is 4.52 Å². The van der Waals surface area contributed by atoms with Crippen LogP contribution in [-0.2, 0) is 28.6 Å². The third-order valence-electron chi connectivity index (χ3n) is 5.23. The van der Waals surface area contributed by atoms with E-state index < -0.39 is 22.2 Å². The summed E-state index contributed by atoms with van der Waals surface area (Å²) in [4.78, 5) is 4.38. The monoisotopic (exact) mass is 429 g/mol. The maximum atomic E-state index is 14.2. The quantitative estimate of drug-likeness (QED) is 0.543. The molecule has 6 nitrogen and oxygen atoms in total. The van der Waals surface area contributed by atoms with Crippen molar-refractivity contribution in [2.75, 3.05) is 6.54 Å². The van der Waals surface area contributed by atoms with Gasteiger partial charge in [0.2, 0.25) is 15.9 Å². The molecule has 1 aliphatic heterocycles. The average Bonchev–Trinajstić information content (AvgIpc) is 3.36. The number of halogens is 1. The molecule has 0 N–H and O–H groups in total. The van der Waals surface area contributed by atoms with Crippen LogP contribution >= 0.6 is 0 Å². The van der Waals surface area contributed by atoms with Crippen molar-refractivity contribution >= 4 is 10.0 Å². The molecule has 30 heavy (non-hydrogen) atoms. The highest BCUT2D eigenvalue weighted by atomic mass is 32.2. The first-order valence-electron chi connectivity index (χ1n) is 10.1. The Bertz CT molecular complexity index is 1060. The van der Waals surface area contributed by atoms with Gasteiger partial charge in [-0.05, 0) is 24.0 Å². The molecule has 1 aliphatic rings. The van der Waals surface area contributed by atoms with Crippen LogP contribution in [0.25, 0.3) is 0 Å². The minimum Gasteiger partial charge on any atom is -0.338 e. The van der Waals surface area contributed by atoms with Crippen molar-refractivity contribution in [1.29, 1.82) is 0 Å². The van der Waals surface area contributed by atoms with E-state index in [1.54, 1.807) is 24.3 Å². The van der Waals surface area contributed by atoms with Crippen molar-refractivity contribution in [3.8, 4) is 0 Å². The summed E-state index contributed by atoms with van der Waals surface area (Å²) in [6.07, 6.45) is 1.11. The maximum absolute atomic E-state index is 14.2. The molecule has 0 bridgehead atoms. The van der Waals surface area contributed by atoms with Gasteiger partial charge in [-0.25, -0.2) is 12.8 Å². The molecule has 0 amide bonds. The van der Waals surface area contributed by atoms with E-state index in [9.17, 15) is 12.8 Å². The van der Waals surface area contributed by atoms with Crippen LogP contribution in [0.1, 0.15) is 41.7 Å². The van der Waals surface area contributed by atoms with E-state index in [4.69, 9.17) is 4.52 Å². The second kappa shape index (κ2) is 9.06. The SMILES string of the molecule is O=S(=O)(Cc1ccccc1)N1C[C@H](F)C[C@H]1c1nc(CCCc2ccccc2)no1. The molecule has 1 aromatic heterocycles. The first-order valence-corrected chi connectivity index (χ1v) is 11.7. The molecule has 0 spiro atoms. The van der Waals surface area contributed by atoms with Gasteiger partial charge in [-0.3, -0.25) is 0 Å². The molecule has 2 atom stereocenters. The van der Waals surface area contributed by atoms with Crippen molar-refractivity contribution in [2.24, 2.45) is 0 Å². The third kappa shape index (κ3) is 4.94. The Labute approximate surface area is 175 Å². The fourth-order valence-corrected chi connectivity index (χ4v) is 5.49. The molecule has 0 unspecified atom stereocenters. The van der Waals surface area contributed by atoms with E-state index >= 15 is 0 Å². The van der Waals surface area contributed by atoms with Crippen molar-refractivity contribution in [1.82, 2.24) is 14.4 Å². The highest BCUT2D eigenvalue weighted by Gasteiger charge is 2.43. The second-order valence-corrected chi connectivity index (χ2v) is 9.47. The topological polar surface area (TPSA) is 76.3 Å². The van der Waals surface area contributed by atoms with Crippen LogP contribution in [0.2, 0.25) is 0 Å². The van der Waals surface area contributed by atoms with Crippen LogP contribution in [0, 0.1) is 0 Å². The highest BCUT2D eigenvalue weighted by molar-refractivity contribution is 7.88. The van der Waals surface area contributed by atoms with Gasteiger partial charge in [0.05, 0.1) is 5.75 Å². The van der Waals surface area contributed by atoms with E-state index in [0.717, 1.165) is 12.8 Å². The summed E-state index contributed by atoms with van der Waals surface area (Å²) in [6.45, 7) is -0.189. The Kier molecular flexibility index (Phi) is 6.24. The molecular weight excluding hydrogens is 405 g/mol. The highest BCUT2D eigenvalue weighted by Crippen LogP contribution is 2.36. The average molecular weight is 430 g/mol. The van der Waals surface area contributed by atoms with Crippen molar-refractivity contribution in [3.63, 3.8) is 0 Å². The lowest BCUT2D eigenvalue weighted by atomic mass is 10.1. The molecule has 4 rings (SSSR count). The lowest BCUT2D eigenvalue weighted by Crippen LogP contribution is -2.32. The number of rotatable bonds is 8. The summed E-state index contributed by atoms with van der Waals surface area (Å²) in [5.41, 5.74) is 1.89. The van der Waals surface area contributed by atoms with E-state index in [1.165, 1.54) is 9.87 Å². The minimum atomic E-state index is -3.72. The lowest BCUT2D eigenvalue weighted by Gasteiger charge is -2.21. The smallest absolute Gasteiger partial charge is 0.245 e. The number of hydrogen-bond donors (Lipinski definition) is 0. The third-order valence-corrected chi connectivity index (χ3v) is 7.05. The summed E-state index contributed by atoms with van der Waals surface area (Å²) in [7, 11) is -3.72. The lowest BCUT2D eigenvalue weighted by molar-refractivity contribution is 0.289. The summed E-state index contributed by atoms with van der Waals surface area (Å²) in [5.74, 6) is 0.500. The fraction of sp³-hybridized carbons (Fsp3) is 0.364. The Morgan fingerprint density at radius 1 is 1.00 bits per heavy atom. The van der Waals surface area contributed by atoms with Gasteiger partial charge in [0.15, 0.2) is 5.82 Å². The van der Waals surface area contributed by atoms with Gasteiger partial charge in [0, 0.05) is 19.4 Å². The summed E-state index contributed by atoms with van der Waals surface area (Å²) in [5, 5.41) is 3.99. The van der Waals surface area contributed by atoms with Crippen LogP contribution < -0.4 is 0 Å². The zero-order valence-corrected chi connectivity index (χ0v) is 17.3. The van der Waals surface area contributed by atoms with Crippen molar-refractivity contribution < 1.29 is 17.3 Å². The van der Waals surface area contributed by atoms with Gasteiger partial charge in [0.1, 0.15) is 12.2 Å². The Morgan fingerprint density at radius 2 is 1.67 bits per heavy atom. The molecule has 0 radical (unpaired) electrons. The summed E-state index contributed by atoms with van der Waals surface area (Å²) < 4.78 is 46.6. The van der Waals surface area contributed by atoms with Crippen molar-refractivity contribution in [2.45, 2.75) is 43.6 Å². The van der Waals surface area contributed by atoms with E-state index in [-0.39, 0.29) is 24.6 Å². The second-order valence-electron chi connectivity index (χ2n) is 7.55. The molecule has 158 valence electrons. The van der Waals surface area contributed by atoms with Gasteiger partial charge in [-0.2, -0.15) is 9.29 Å². The molecule has 0 saturated carbocycles. The summed E-state index contributed by atoms with van der Waals surface area (Å²) >= 11 is 0. The predicted octanol–water partition coefficient (Wildman–Crippen LogP) is 3.86. The van der Waals surface area contributed by atoms with Gasteiger partial charge in [-0.15, -0.1) is 0 Å². The Morgan fingerprint density at radius 3 is 2.37 bits per heavy atom. The van der Waals surface area contributed by atoms with Gasteiger partial charge in [-0.1, -0.05) is 65.8 Å². The minimum absolute atomic E-state index is 0.0274. The zero-order valence-electron chi connectivity index (χ0n) is 16.5. The molecule has 2 aromatic carbocycles. The van der Waals surface area contributed by atoms with E-state index in [2.05, 4.69) is 22.3 Å². The number of nitrogens with zero attached hydrogens (tertiary/aromatic N) is 3. The number of alkyl halides is 1. The Balaban J connectivity index is 1.43. The number of hydrogen-bond acceptors (Lipinski definition) is 5. The summed E-state index contributed by atoms with van der Waals surface area (Å²) in [6, 6.07) is 18.2. The first-order chi connectivity index (χ1) is 14.5. The Hall–Kier alpha value is -2.58. The number of aryl methyl sites for hydroxylation is 2. The number of aromatic nitrogens is 2. The van der Waals surface area contributed by atoms with Crippen LogP contribution in [-0.4, -0.2) is 35.6 Å². The standard InChI is InChI=1S/C22H24FN3O3S/c23-19-14-20(26(15-19)30(27,28)16-18-10-5-2-6-11-18)22-24-21(25-29-22)13-7-12-17-8-3-1-4-9-17/h1-6,8-11,19-20H,7,12-16H2/t19-,20+/m1/s1. The zero-order chi connectivity index (χ0) is 21.0. The van der Waals surface area contributed by atoms with Crippen LogP contribution in [0.4, 0.5) is 4.39 Å². The molecule has 3 aromatic rings. The fourth-order valence-electron chi connectivity index (χ4n) is 3.76. The van der Waals surface area contributed by atoms with E-state index in [0.29, 0.717) is 17.8 Å². The van der Waals surface area contributed by atoms with Crippen LogP contribution in [0.5, 0.6) is 0 Å². The molecule has 1 fully saturated rings. The molecule has 8 heteroatoms. The largest absolute Gasteiger partial charge is 0.338 e. The maximum Gasteiger partial charge on any atom is 0.245 e. The first kappa shape index (κ1) is 20.7. The van der Waals surface area contributed by atoms with Gasteiger partial charge >= 0.3 is 0 Å². The van der Waals surface area contributed by atoms with Gasteiger partial charge in [0.25, 0.3) is 0 Å². The molecule has 2 heterocycles. The number of sulfonamides is 1. The molecule has 1 saturated heterocycles. The molecular formula is C22H24FN3O3S. The van der Waals surface area contributed by atoms with Crippen molar-refractivity contribution in [3.05, 3.63) is 83.5 Å². The van der Waals surface area contributed by atoms with Crippen LogP contribution in [0.3, 0.4) is 0 Å². The number of benzene rings is 2. The van der Waals surface area contributed by atoms with E-state index in [1.807, 2.05) is 24.3 Å². The normalized spacial score (nSPS) is 19.9. The predicted molar refractivity (Wildman–Crippen MR) is 111 cm³/mol.